The van der Waals surface area contributed by atoms with Crippen molar-refractivity contribution in [2.75, 3.05) is 11.4 Å². The van der Waals surface area contributed by atoms with E-state index < -0.39 is 23.1 Å². The van der Waals surface area contributed by atoms with Gasteiger partial charge in [0.05, 0.1) is 10.2 Å². The lowest BCUT2D eigenvalue weighted by Gasteiger charge is -2.18. The van der Waals surface area contributed by atoms with E-state index in [-0.39, 0.29) is 6.54 Å². The minimum atomic E-state index is -0.871. The van der Waals surface area contributed by atoms with E-state index in [1.54, 1.807) is 6.92 Å². The van der Waals surface area contributed by atoms with Crippen molar-refractivity contribution in [2.45, 2.75) is 6.92 Å². The maximum absolute atomic E-state index is 13.8. The van der Waals surface area contributed by atoms with E-state index in [0.717, 1.165) is 22.3 Å². The standard InChI is InChI=1S/C16H12F2N2OS/c1-2-20(15(21)14-10(17)6-5-7-11(14)18)16-19-12-8-3-4-9-13(12)22-16/h3-9H,2H2,1H3. The zero-order valence-corrected chi connectivity index (χ0v) is 12.5. The molecule has 2 aromatic carbocycles. The number of carbonyl (C=O) groups excluding carboxylic acids is 1. The third kappa shape index (κ3) is 2.46. The number of rotatable bonds is 3. The van der Waals surface area contributed by atoms with E-state index >= 15 is 0 Å². The van der Waals surface area contributed by atoms with Crippen molar-refractivity contribution in [3.8, 4) is 0 Å². The molecule has 0 aliphatic carbocycles. The van der Waals surface area contributed by atoms with Crippen LogP contribution in [0, 0.1) is 11.6 Å². The number of carbonyl (C=O) groups is 1. The normalized spacial score (nSPS) is 10.9. The highest BCUT2D eigenvalue weighted by atomic mass is 32.1. The fraction of sp³-hybridized carbons (Fsp3) is 0.125. The first-order valence-corrected chi connectivity index (χ1v) is 7.55. The predicted molar refractivity (Wildman–Crippen MR) is 83.3 cm³/mol. The van der Waals surface area contributed by atoms with Crippen molar-refractivity contribution in [1.29, 1.82) is 0 Å². The largest absolute Gasteiger partial charge is 0.284 e. The number of halogens is 2. The lowest BCUT2D eigenvalue weighted by atomic mass is 10.1. The average molecular weight is 318 g/mol. The maximum atomic E-state index is 13.8. The lowest BCUT2D eigenvalue weighted by Crippen LogP contribution is -2.32. The summed E-state index contributed by atoms with van der Waals surface area (Å²) in [6, 6.07) is 10.8. The Bertz CT molecular complexity index is 794. The molecule has 0 aliphatic heterocycles. The highest BCUT2D eigenvalue weighted by Gasteiger charge is 2.25. The second kappa shape index (κ2) is 5.81. The van der Waals surface area contributed by atoms with Crippen molar-refractivity contribution in [1.82, 2.24) is 4.98 Å². The fourth-order valence-corrected chi connectivity index (χ4v) is 3.21. The molecule has 0 fully saturated rings. The van der Waals surface area contributed by atoms with Gasteiger partial charge in [0.25, 0.3) is 5.91 Å². The van der Waals surface area contributed by atoms with Gasteiger partial charge in [0.15, 0.2) is 5.13 Å². The van der Waals surface area contributed by atoms with Gasteiger partial charge in [-0.3, -0.25) is 9.69 Å². The van der Waals surface area contributed by atoms with Crippen LogP contribution in [0.2, 0.25) is 0 Å². The summed E-state index contributed by atoms with van der Waals surface area (Å²) in [6.45, 7) is 2.01. The number of hydrogen-bond donors (Lipinski definition) is 0. The Morgan fingerprint density at radius 1 is 1.14 bits per heavy atom. The molecule has 6 heteroatoms. The first-order valence-electron chi connectivity index (χ1n) is 6.73. The maximum Gasteiger partial charge on any atom is 0.266 e. The SMILES string of the molecule is CCN(C(=O)c1c(F)cccc1F)c1nc2ccccc2s1. The summed E-state index contributed by atoms with van der Waals surface area (Å²) in [7, 11) is 0. The molecule has 22 heavy (non-hydrogen) atoms. The van der Waals surface area contributed by atoms with Crippen LogP contribution in [0.3, 0.4) is 0 Å². The molecular weight excluding hydrogens is 306 g/mol. The molecule has 0 unspecified atom stereocenters. The van der Waals surface area contributed by atoms with Gasteiger partial charge in [-0.2, -0.15) is 0 Å². The number of nitrogens with zero attached hydrogens (tertiary/aromatic N) is 2. The van der Waals surface area contributed by atoms with Gasteiger partial charge in [-0.05, 0) is 31.2 Å². The number of fused-ring (bicyclic) bond motifs is 1. The number of amides is 1. The van der Waals surface area contributed by atoms with Gasteiger partial charge in [-0.25, -0.2) is 13.8 Å². The van der Waals surface area contributed by atoms with Crippen molar-refractivity contribution < 1.29 is 13.6 Å². The molecule has 0 spiro atoms. The van der Waals surface area contributed by atoms with Gasteiger partial charge in [0.1, 0.15) is 17.2 Å². The summed E-state index contributed by atoms with van der Waals surface area (Å²) in [5.41, 5.74) is 0.200. The molecule has 0 atom stereocenters. The summed E-state index contributed by atoms with van der Waals surface area (Å²) < 4.78 is 28.5. The van der Waals surface area contributed by atoms with Gasteiger partial charge < -0.3 is 0 Å². The average Bonchev–Trinajstić information content (AvgIpc) is 2.91. The smallest absolute Gasteiger partial charge is 0.266 e. The minimum absolute atomic E-state index is 0.270. The van der Waals surface area contributed by atoms with Crippen molar-refractivity contribution in [2.24, 2.45) is 0 Å². The topological polar surface area (TPSA) is 33.2 Å². The van der Waals surface area contributed by atoms with Gasteiger partial charge in [0.2, 0.25) is 0 Å². The predicted octanol–water partition coefficient (Wildman–Crippen LogP) is 4.24. The molecule has 1 heterocycles. The molecule has 1 aromatic heterocycles. The highest BCUT2D eigenvalue weighted by Crippen LogP contribution is 2.30. The Labute approximate surface area is 129 Å². The second-order valence-corrected chi connectivity index (χ2v) is 5.62. The first kappa shape index (κ1) is 14.6. The molecule has 0 saturated carbocycles. The van der Waals surface area contributed by atoms with Crippen LogP contribution in [0.4, 0.5) is 13.9 Å². The summed E-state index contributed by atoms with van der Waals surface area (Å²) in [6.07, 6.45) is 0. The van der Waals surface area contributed by atoms with Crippen LogP contribution in [0.5, 0.6) is 0 Å². The van der Waals surface area contributed by atoms with Gasteiger partial charge in [-0.15, -0.1) is 0 Å². The zero-order valence-electron chi connectivity index (χ0n) is 11.7. The summed E-state index contributed by atoms with van der Waals surface area (Å²) in [4.78, 5) is 18.2. The van der Waals surface area contributed by atoms with Crippen molar-refractivity contribution in [3.05, 3.63) is 59.7 Å². The Kier molecular flexibility index (Phi) is 3.85. The van der Waals surface area contributed by atoms with E-state index in [0.29, 0.717) is 5.13 Å². The van der Waals surface area contributed by atoms with Crippen LogP contribution < -0.4 is 4.90 Å². The van der Waals surface area contributed by atoms with Gasteiger partial charge in [-0.1, -0.05) is 29.5 Å². The Morgan fingerprint density at radius 2 is 1.82 bits per heavy atom. The molecule has 3 rings (SSSR count). The number of anilines is 1. The number of para-hydroxylation sites is 1. The minimum Gasteiger partial charge on any atom is -0.284 e. The van der Waals surface area contributed by atoms with Gasteiger partial charge >= 0.3 is 0 Å². The van der Waals surface area contributed by atoms with E-state index in [1.165, 1.54) is 22.3 Å². The molecule has 3 nitrogen and oxygen atoms in total. The third-order valence-corrected chi connectivity index (χ3v) is 4.31. The van der Waals surface area contributed by atoms with Crippen LogP contribution in [-0.4, -0.2) is 17.4 Å². The molecule has 0 radical (unpaired) electrons. The number of hydrogen-bond acceptors (Lipinski definition) is 3. The molecular formula is C16H12F2N2OS. The molecule has 0 N–H and O–H groups in total. The van der Waals surface area contributed by atoms with Crippen LogP contribution in [0.1, 0.15) is 17.3 Å². The van der Waals surface area contributed by atoms with Crippen LogP contribution in [0.15, 0.2) is 42.5 Å². The van der Waals surface area contributed by atoms with Crippen LogP contribution in [-0.2, 0) is 0 Å². The number of aromatic nitrogens is 1. The highest BCUT2D eigenvalue weighted by molar-refractivity contribution is 7.22. The monoisotopic (exact) mass is 318 g/mol. The van der Waals surface area contributed by atoms with E-state index in [2.05, 4.69) is 4.98 Å². The lowest BCUT2D eigenvalue weighted by molar-refractivity contribution is 0.0980. The third-order valence-electron chi connectivity index (χ3n) is 3.25. The summed E-state index contributed by atoms with van der Waals surface area (Å²) in [5.74, 6) is -2.47. The van der Waals surface area contributed by atoms with Crippen LogP contribution >= 0.6 is 11.3 Å². The zero-order chi connectivity index (χ0) is 15.7. The first-order chi connectivity index (χ1) is 10.6. The van der Waals surface area contributed by atoms with Gasteiger partial charge in [0, 0.05) is 6.54 Å². The van der Waals surface area contributed by atoms with Crippen molar-refractivity contribution in [3.63, 3.8) is 0 Å². The van der Waals surface area contributed by atoms with Crippen LogP contribution in [0.25, 0.3) is 10.2 Å². The molecule has 0 bridgehead atoms. The van der Waals surface area contributed by atoms with E-state index in [1.807, 2.05) is 24.3 Å². The second-order valence-electron chi connectivity index (χ2n) is 4.61. The van der Waals surface area contributed by atoms with Crippen molar-refractivity contribution >= 4 is 32.6 Å². The molecule has 1 amide bonds. The Hall–Kier alpha value is -2.34. The Morgan fingerprint density at radius 3 is 2.45 bits per heavy atom. The Balaban J connectivity index is 2.05. The number of benzene rings is 2. The summed E-state index contributed by atoms with van der Waals surface area (Å²) >= 11 is 1.31. The molecule has 0 aliphatic rings. The fourth-order valence-electron chi connectivity index (χ4n) is 2.18. The molecule has 0 saturated heterocycles. The quantitative estimate of drug-likeness (QED) is 0.723. The summed E-state index contributed by atoms with van der Waals surface area (Å²) in [5, 5.41) is 0.427. The van der Waals surface area contributed by atoms with E-state index in [9.17, 15) is 13.6 Å². The van der Waals surface area contributed by atoms with E-state index in [4.69, 9.17) is 0 Å². The molecule has 112 valence electrons. The molecule has 3 aromatic rings. The number of thiazole rings is 1.